The number of hydrogen-bond donors (Lipinski definition) is 2. The molecule has 0 aliphatic carbocycles. The van der Waals surface area contributed by atoms with Gasteiger partial charge in [-0.1, -0.05) is 33.3 Å². The van der Waals surface area contributed by atoms with Gasteiger partial charge in [0.1, 0.15) is 0 Å². The van der Waals surface area contributed by atoms with Crippen LogP contribution in [0.4, 0.5) is 16.2 Å². The van der Waals surface area contributed by atoms with Crippen molar-refractivity contribution in [3.63, 3.8) is 0 Å². The summed E-state index contributed by atoms with van der Waals surface area (Å²) in [5.74, 6) is 0.712. The molecular weight excluding hydrogens is 252 g/mol. The van der Waals surface area contributed by atoms with Crippen molar-refractivity contribution in [3.05, 3.63) is 24.3 Å². The Morgan fingerprint density at radius 1 is 1.25 bits per heavy atom. The molecule has 0 radical (unpaired) electrons. The van der Waals surface area contributed by atoms with Gasteiger partial charge in [-0.15, -0.1) is 0 Å². The number of carbonyl (C=O) groups is 1. The van der Waals surface area contributed by atoms with E-state index in [0.29, 0.717) is 12.0 Å². The molecule has 0 spiro atoms. The van der Waals surface area contributed by atoms with Crippen LogP contribution in [0.15, 0.2) is 24.3 Å². The Morgan fingerprint density at radius 3 is 2.55 bits per heavy atom. The first-order valence-corrected chi connectivity index (χ1v) is 7.30. The van der Waals surface area contributed by atoms with E-state index in [1.54, 1.807) is 0 Å². The fourth-order valence-corrected chi connectivity index (χ4v) is 2.07. The van der Waals surface area contributed by atoms with Crippen molar-refractivity contribution in [2.75, 3.05) is 17.7 Å². The molecule has 112 valence electrons. The van der Waals surface area contributed by atoms with Gasteiger partial charge < -0.3 is 10.1 Å². The standard InChI is InChI=1S/C16H26N2O2/c1-5-12(3)10-13(6-2)17-14-8-7-9-15(11-14)18-16(19)20-4/h7-9,11-13,17H,5-6,10H2,1-4H3,(H,18,19). The molecule has 4 heteroatoms. The second-order valence-corrected chi connectivity index (χ2v) is 5.20. The molecule has 0 bridgehead atoms. The molecule has 0 heterocycles. The highest BCUT2D eigenvalue weighted by Gasteiger charge is 2.10. The normalized spacial score (nSPS) is 13.4. The van der Waals surface area contributed by atoms with E-state index in [2.05, 4.69) is 36.1 Å². The molecule has 4 nitrogen and oxygen atoms in total. The van der Waals surface area contributed by atoms with E-state index >= 15 is 0 Å². The number of carbonyl (C=O) groups excluding carboxylic acids is 1. The topological polar surface area (TPSA) is 50.4 Å². The molecule has 0 saturated heterocycles. The number of anilines is 2. The summed E-state index contributed by atoms with van der Waals surface area (Å²) in [5.41, 5.74) is 1.76. The molecule has 0 aliphatic rings. The van der Waals surface area contributed by atoms with Gasteiger partial charge in [0.2, 0.25) is 0 Å². The smallest absolute Gasteiger partial charge is 0.411 e. The molecule has 1 aromatic rings. The van der Waals surface area contributed by atoms with E-state index < -0.39 is 6.09 Å². The molecule has 0 fully saturated rings. The van der Waals surface area contributed by atoms with Crippen molar-refractivity contribution >= 4 is 17.5 Å². The van der Waals surface area contributed by atoms with Gasteiger partial charge in [-0.2, -0.15) is 0 Å². The fourth-order valence-electron chi connectivity index (χ4n) is 2.07. The third-order valence-electron chi connectivity index (χ3n) is 3.54. The van der Waals surface area contributed by atoms with Gasteiger partial charge >= 0.3 is 6.09 Å². The summed E-state index contributed by atoms with van der Waals surface area (Å²) in [6, 6.07) is 8.16. The number of hydrogen-bond acceptors (Lipinski definition) is 3. The predicted molar refractivity (Wildman–Crippen MR) is 84.2 cm³/mol. The van der Waals surface area contributed by atoms with Crippen LogP contribution in [0, 0.1) is 5.92 Å². The van der Waals surface area contributed by atoms with Crippen molar-refractivity contribution < 1.29 is 9.53 Å². The number of nitrogens with one attached hydrogen (secondary N) is 2. The van der Waals surface area contributed by atoms with Gasteiger partial charge in [0.05, 0.1) is 7.11 Å². The Morgan fingerprint density at radius 2 is 1.95 bits per heavy atom. The molecule has 0 aromatic heterocycles. The minimum absolute atomic E-state index is 0.450. The van der Waals surface area contributed by atoms with Crippen molar-refractivity contribution in [1.29, 1.82) is 0 Å². The first-order chi connectivity index (χ1) is 9.58. The van der Waals surface area contributed by atoms with Crippen molar-refractivity contribution in [2.45, 2.75) is 46.1 Å². The molecule has 2 N–H and O–H groups in total. The monoisotopic (exact) mass is 278 g/mol. The Bertz CT molecular complexity index is 421. The van der Waals surface area contributed by atoms with Gasteiger partial charge in [-0.3, -0.25) is 5.32 Å². The van der Waals surface area contributed by atoms with E-state index in [1.807, 2.05) is 24.3 Å². The molecule has 2 unspecified atom stereocenters. The van der Waals surface area contributed by atoms with Crippen molar-refractivity contribution in [1.82, 2.24) is 0 Å². The summed E-state index contributed by atoms with van der Waals surface area (Å²) in [4.78, 5) is 11.2. The van der Waals surface area contributed by atoms with Gasteiger partial charge in [0.25, 0.3) is 0 Å². The predicted octanol–water partition coefficient (Wildman–Crippen LogP) is 4.49. The quantitative estimate of drug-likeness (QED) is 0.772. The highest BCUT2D eigenvalue weighted by molar-refractivity contribution is 5.85. The first kappa shape index (κ1) is 16.3. The minimum Gasteiger partial charge on any atom is -0.453 e. The molecule has 0 aliphatic heterocycles. The lowest BCUT2D eigenvalue weighted by Gasteiger charge is -2.21. The number of ether oxygens (including phenoxy) is 1. The third-order valence-corrected chi connectivity index (χ3v) is 3.54. The molecule has 1 rings (SSSR count). The van der Waals surface area contributed by atoms with Crippen LogP contribution in [0.1, 0.15) is 40.0 Å². The molecular formula is C16H26N2O2. The number of rotatable bonds is 7. The van der Waals surface area contributed by atoms with Crippen LogP contribution in [0.5, 0.6) is 0 Å². The molecule has 2 atom stereocenters. The number of amides is 1. The summed E-state index contributed by atoms with van der Waals surface area (Å²) in [6.07, 6.45) is 2.98. The maximum atomic E-state index is 11.2. The van der Waals surface area contributed by atoms with Gasteiger partial charge in [-0.25, -0.2) is 4.79 Å². The van der Waals surface area contributed by atoms with Crippen LogP contribution in [0.2, 0.25) is 0 Å². The van der Waals surface area contributed by atoms with E-state index in [0.717, 1.165) is 24.2 Å². The zero-order chi connectivity index (χ0) is 15.0. The summed E-state index contributed by atoms with van der Waals surface area (Å²) in [5, 5.41) is 6.21. The van der Waals surface area contributed by atoms with Crippen LogP contribution < -0.4 is 10.6 Å². The highest BCUT2D eigenvalue weighted by Crippen LogP contribution is 2.20. The zero-order valence-corrected chi connectivity index (χ0v) is 12.9. The van der Waals surface area contributed by atoms with Gasteiger partial charge in [0, 0.05) is 17.4 Å². The lowest BCUT2D eigenvalue weighted by molar-refractivity contribution is 0.187. The van der Waals surface area contributed by atoms with Crippen LogP contribution >= 0.6 is 0 Å². The maximum absolute atomic E-state index is 11.2. The fraction of sp³-hybridized carbons (Fsp3) is 0.562. The summed E-state index contributed by atoms with van der Waals surface area (Å²) >= 11 is 0. The van der Waals surface area contributed by atoms with E-state index in [4.69, 9.17) is 0 Å². The Balaban J connectivity index is 2.66. The van der Waals surface area contributed by atoms with Crippen LogP contribution in [-0.2, 0) is 4.74 Å². The first-order valence-electron chi connectivity index (χ1n) is 7.30. The van der Waals surface area contributed by atoms with Crippen LogP contribution in [0.3, 0.4) is 0 Å². The Kier molecular flexibility index (Phi) is 6.91. The second-order valence-electron chi connectivity index (χ2n) is 5.20. The molecule has 20 heavy (non-hydrogen) atoms. The zero-order valence-electron chi connectivity index (χ0n) is 12.9. The average molecular weight is 278 g/mol. The van der Waals surface area contributed by atoms with Gasteiger partial charge in [-0.05, 0) is 37.0 Å². The van der Waals surface area contributed by atoms with E-state index in [1.165, 1.54) is 13.5 Å². The average Bonchev–Trinajstić information content (AvgIpc) is 2.46. The van der Waals surface area contributed by atoms with Crippen molar-refractivity contribution in [2.24, 2.45) is 5.92 Å². The molecule has 0 saturated carbocycles. The van der Waals surface area contributed by atoms with E-state index in [9.17, 15) is 4.79 Å². The third kappa shape index (κ3) is 5.51. The Labute approximate surface area is 121 Å². The lowest BCUT2D eigenvalue weighted by Crippen LogP contribution is -2.21. The largest absolute Gasteiger partial charge is 0.453 e. The lowest BCUT2D eigenvalue weighted by atomic mass is 9.97. The van der Waals surface area contributed by atoms with E-state index in [-0.39, 0.29) is 0 Å². The second kappa shape index (κ2) is 8.46. The van der Waals surface area contributed by atoms with Gasteiger partial charge in [0.15, 0.2) is 0 Å². The number of methoxy groups -OCH3 is 1. The molecule has 1 aromatic carbocycles. The van der Waals surface area contributed by atoms with Crippen molar-refractivity contribution in [3.8, 4) is 0 Å². The Hall–Kier alpha value is -1.71. The van der Waals surface area contributed by atoms with Crippen LogP contribution in [-0.4, -0.2) is 19.2 Å². The SMILES string of the molecule is CCC(C)CC(CC)Nc1cccc(NC(=O)OC)c1. The summed E-state index contributed by atoms with van der Waals surface area (Å²) in [6.45, 7) is 6.69. The summed E-state index contributed by atoms with van der Waals surface area (Å²) in [7, 11) is 1.36. The van der Waals surface area contributed by atoms with Crippen LogP contribution in [0.25, 0.3) is 0 Å². The molecule has 1 amide bonds. The number of benzene rings is 1. The summed E-state index contributed by atoms with van der Waals surface area (Å²) < 4.78 is 4.59. The minimum atomic E-state index is -0.450. The highest BCUT2D eigenvalue weighted by atomic mass is 16.5. The maximum Gasteiger partial charge on any atom is 0.411 e.